The lowest BCUT2D eigenvalue weighted by Crippen LogP contribution is -2.20. The molecule has 0 radical (unpaired) electrons. The fraction of sp³-hybridized carbons (Fsp3) is 0.318. The summed E-state index contributed by atoms with van der Waals surface area (Å²) >= 11 is 0. The Hall–Kier alpha value is -2.84. The zero-order valence-electron chi connectivity index (χ0n) is 15.2. The molecule has 1 heterocycles. The number of fused-ring (bicyclic) bond motifs is 1. The molecule has 1 aromatic heterocycles. The first-order chi connectivity index (χ1) is 13.0. The first-order valence-electron chi connectivity index (χ1n) is 9.27. The highest BCUT2D eigenvalue weighted by molar-refractivity contribution is 5.98. The number of aliphatic hydroxyl groups is 1. The molecule has 1 fully saturated rings. The molecule has 0 bridgehead atoms. The van der Waals surface area contributed by atoms with Crippen molar-refractivity contribution in [1.82, 2.24) is 4.57 Å². The minimum absolute atomic E-state index is 0.0436. The third-order valence-corrected chi connectivity index (χ3v) is 5.77. The summed E-state index contributed by atoms with van der Waals surface area (Å²) in [5.41, 5.74) is 10.5. The summed E-state index contributed by atoms with van der Waals surface area (Å²) in [6, 6.07) is 11.0. The monoisotopic (exact) mass is 363 g/mol. The predicted molar refractivity (Wildman–Crippen MR) is 105 cm³/mol. The molecule has 1 aliphatic carbocycles. The van der Waals surface area contributed by atoms with Crippen LogP contribution in [0, 0.1) is 24.1 Å². The van der Waals surface area contributed by atoms with E-state index in [2.05, 4.69) is 10.8 Å². The van der Waals surface area contributed by atoms with Crippen LogP contribution in [0.1, 0.15) is 42.9 Å². The number of aliphatic hydroxyl groups excluding tert-OH is 1. The van der Waals surface area contributed by atoms with Gasteiger partial charge in [0.15, 0.2) is 0 Å². The maximum atomic E-state index is 14.4. The summed E-state index contributed by atoms with van der Waals surface area (Å²) in [7, 11) is 0. The van der Waals surface area contributed by atoms with Gasteiger partial charge in [-0.2, -0.15) is 5.26 Å². The molecule has 2 aromatic carbocycles. The van der Waals surface area contributed by atoms with Crippen molar-refractivity contribution in [3.8, 4) is 17.2 Å². The molecule has 4 rings (SSSR count). The molecule has 4 nitrogen and oxygen atoms in total. The average Bonchev–Trinajstić information content (AvgIpc) is 3.02. The molecule has 0 spiro atoms. The predicted octanol–water partition coefficient (Wildman–Crippen LogP) is 4.69. The van der Waals surface area contributed by atoms with Crippen LogP contribution in [0.15, 0.2) is 36.5 Å². The maximum Gasteiger partial charge on any atom is 0.143 e. The molecular formula is C22H22FN3O. The normalized spacial score (nSPS) is 19.9. The number of nitrogens with zero attached hydrogens (tertiary/aromatic N) is 2. The number of hydrogen-bond donors (Lipinski definition) is 2. The van der Waals surface area contributed by atoms with Gasteiger partial charge in [0.25, 0.3) is 0 Å². The van der Waals surface area contributed by atoms with E-state index in [4.69, 9.17) is 5.73 Å². The Labute approximate surface area is 157 Å². The summed E-state index contributed by atoms with van der Waals surface area (Å²) in [5.74, 6) is -0.504. The number of nitrogen functional groups attached to an aromatic ring is 1. The van der Waals surface area contributed by atoms with E-state index >= 15 is 0 Å². The van der Waals surface area contributed by atoms with Gasteiger partial charge in [-0.05, 0) is 61.9 Å². The molecule has 3 aromatic rings. The van der Waals surface area contributed by atoms with Gasteiger partial charge in [-0.1, -0.05) is 12.1 Å². The Bertz CT molecular complexity index is 1060. The molecule has 0 unspecified atom stereocenters. The van der Waals surface area contributed by atoms with Crippen LogP contribution in [0.2, 0.25) is 0 Å². The highest BCUT2D eigenvalue weighted by atomic mass is 19.1. The van der Waals surface area contributed by atoms with E-state index < -0.39 is 5.82 Å². The second kappa shape index (κ2) is 6.71. The van der Waals surface area contributed by atoms with E-state index in [0.29, 0.717) is 5.69 Å². The molecule has 27 heavy (non-hydrogen) atoms. The van der Waals surface area contributed by atoms with Crippen molar-refractivity contribution in [2.45, 2.75) is 44.8 Å². The number of aromatic nitrogens is 1. The van der Waals surface area contributed by atoms with Crippen molar-refractivity contribution in [3.63, 3.8) is 0 Å². The zero-order chi connectivity index (χ0) is 19.1. The number of hydrogen-bond acceptors (Lipinski definition) is 3. The maximum absolute atomic E-state index is 14.4. The van der Waals surface area contributed by atoms with Crippen molar-refractivity contribution < 1.29 is 9.50 Å². The number of anilines is 1. The highest BCUT2D eigenvalue weighted by Crippen LogP contribution is 2.39. The van der Waals surface area contributed by atoms with Crippen LogP contribution < -0.4 is 5.73 Å². The largest absolute Gasteiger partial charge is 0.398 e. The third kappa shape index (κ3) is 2.96. The van der Waals surface area contributed by atoms with Crippen LogP contribution in [-0.4, -0.2) is 15.8 Å². The molecular weight excluding hydrogens is 341 g/mol. The number of rotatable bonds is 2. The fourth-order valence-electron chi connectivity index (χ4n) is 4.15. The highest BCUT2D eigenvalue weighted by Gasteiger charge is 2.24. The Morgan fingerprint density at radius 2 is 1.93 bits per heavy atom. The van der Waals surface area contributed by atoms with Gasteiger partial charge in [-0.15, -0.1) is 0 Å². The lowest BCUT2D eigenvalue weighted by Gasteiger charge is -2.27. The molecule has 3 N–H and O–H groups in total. The van der Waals surface area contributed by atoms with Crippen LogP contribution in [-0.2, 0) is 0 Å². The number of halogens is 1. The molecule has 5 heteroatoms. The van der Waals surface area contributed by atoms with E-state index in [0.717, 1.165) is 53.3 Å². The van der Waals surface area contributed by atoms with Crippen LogP contribution >= 0.6 is 0 Å². The van der Waals surface area contributed by atoms with Gasteiger partial charge in [0, 0.05) is 28.9 Å². The first-order valence-corrected chi connectivity index (χ1v) is 9.27. The Balaban J connectivity index is 1.96. The molecule has 0 atom stereocenters. The summed E-state index contributed by atoms with van der Waals surface area (Å²) in [5, 5.41) is 20.0. The van der Waals surface area contributed by atoms with Crippen molar-refractivity contribution in [2.75, 3.05) is 5.73 Å². The van der Waals surface area contributed by atoms with Crippen molar-refractivity contribution in [3.05, 3.63) is 53.5 Å². The van der Waals surface area contributed by atoms with Gasteiger partial charge in [0.05, 0.1) is 17.2 Å². The standard InChI is InChI=1S/C22H22FN3O/c1-13-17(3-2-4-21(13)25)19-12-26(15-5-7-16(27)8-6-15)22-10-20(23)14(11-24)9-18(19)22/h2-4,9-10,12,15-16,27H,5-8,25H2,1H3. The van der Waals surface area contributed by atoms with Gasteiger partial charge in [0.2, 0.25) is 0 Å². The van der Waals surface area contributed by atoms with Crippen LogP contribution in [0.25, 0.3) is 22.0 Å². The van der Waals surface area contributed by atoms with E-state index in [-0.39, 0.29) is 17.7 Å². The third-order valence-electron chi connectivity index (χ3n) is 5.77. The van der Waals surface area contributed by atoms with Crippen molar-refractivity contribution in [1.29, 1.82) is 5.26 Å². The Morgan fingerprint density at radius 3 is 2.63 bits per heavy atom. The second-order valence-corrected chi connectivity index (χ2v) is 7.39. The molecule has 1 saturated carbocycles. The second-order valence-electron chi connectivity index (χ2n) is 7.39. The number of benzene rings is 2. The van der Waals surface area contributed by atoms with Gasteiger partial charge < -0.3 is 15.4 Å². The summed E-state index contributed by atoms with van der Waals surface area (Å²) in [6.07, 6.45) is 4.99. The number of nitrogens with two attached hydrogens (primary N) is 1. The van der Waals surface area contributed by atoms with Crippen molar-refractivity contribution >= 4 is 16.6 Å². The quantitative estimate of drug-likeness (QED) is 0.649. The van der Waals surface area contributed by atoms with Gasteiger partial charge in [0.1, 0.15) is 11.9 Å². The van der Waals surface area contributed by atoms with E-state index in [1.165, 1.54) is 6.07 Å². The van der Waals surface area contributed by atoms with Crippen molar-refractivity contribution in [2.24, 2.45) is 0 Å². The minimum atomic E-state index is -0.504. The first kappa shape index (κ1) is 17.6. The van der Waals surface area contributed by atoms with Gasteiger partial charge >= 0.3 is 0 Å². The minimum Gasteiger partial charge on any atom is -0.398 e. The van der Waals surface area contributed by atoms with Gasteiger partial charge in [-0.25, -0.2) is 4.39 Å². The smallest absolute Gasteiger partial charge is 0.143 e. The summed E-state index contributed by atoms with van der Waals surface area (Å²) in [6.45, 7) is 1.97. The van der Waals surface area contributed by atoms with Gasteiger partial charge in [-0.3, -0.25) is 0 Å². The molecule has 0 amide bonds. The van der Waals surface area contributed by atoms with E-state index in [1.54, 1.807) is 6.07 Å². The van der Waals surface area contributed by atoms with Crippen LogP contribution in [0.3, 0.4) is 0 Å². The SMILES string of the molecule is Cc1c(N)cccc1-c1cn(C2CCC(O)CC2)c2cc(F)c(C#N)cc12. The molecule has 0 saturated heterocycles. The Kier molecular flexibility index (Phi) is 4.37. The van der Waals surface area contributed by atoms with E-state index in [1.807, 2.05) is 31.2 Å². The topological polar surface area (TPSA) is 75.0 Å². The fourth-order valence-corrected chi connectivity index (χ4v) is 4.15. The molecule has 138 valence electrons. The summed E-state index contributed by atoms with van der Waals surface area (Å²) < 4.78 is 16.5. The van der Waals surface area contributed by atoms with Crippen LogP contribution in [0.5, 0.6) is 0 Å². The lowest BCUT2D eigenvalue weighted by atomic mass is 9.93. The Morgan fingerprint density at radius 1 is 1.19 bits per heavy atom. The lowest BCUT2D eigenvalue weighted by molar-refractivity contribution is 0.111. The van der Waals surface area contributed by atoms with Crippen LogP contribution in [0.4, 0.5) is 10.1 Å². The summed E-state index contributed by atoms with van der Waals surface area (Å²) in [4.78, 5) is 0. The zero-order valence-corrected chi connectivity index (χ0v) is 15.2. The molecule has 0 aliphatic heterocycles. The average molecular weight is 363 g/mol. The number of nitriles is 1. The van der Waals surface area contributed by atoms with E-state index in [9.17, 15) is 14.8 Å². The molecule has 1 aliphatic rings.